The Bertz CT molecular complexity index is 590. The second-order valence-corrected chi connectivity index (χ2v) is 4.65. The Morgan fingerprint density at radius 1 is 1.32 bits per heavy atom. The molecule has 5 heteroatoms. The highest BCUT2D eigenvalue weighted by atomic mass is 16.5. The Morgan fingerprint density at radius 3 is 2.79 bits per heavy atom. The molecule has 0 radical (unpaired) electrons. The number of aryl methyl sites for hydroxylation is 3. The zero-order valence-corrected chi connectivity index (χ0v) is 11.6. The molecule has 2 aromatic rings. The van der Waals surface area contributed by atoms with E-state index in [9.17, 15) is 4.79 Å². The third-order valence-corrected chi connectivity index (χ3v) is 3.19. The number of rotatable bonds is 5. The van der Waals surface area contributed by atoms with E-state index in [-0.39, 0.29) is 5.97 Å². The average molecular weight is 261 g/mol. The zero-order valence-electron chi connectivity index (χ0n) is 11.6. The van der Waals surface area contributed by atoms with Crippen LogP contribution in [0.15, 0.2) is 12.1 Å². The van der Waals surface area contributed by atoms with Gasteiger partial charge in [0.2, 0.25) is 0 Å². The molecule has 0 saturated heterocycles. The summed E-state index contributed by atoms with van der Waals surface area (Å²) in [7, 11) is 0. The molecule has 2 rings (SSSR count). The summed E-state index contributed by atoms with van der Waals surface area (Å²) < 4.78 is 6.75. The quantitative estimate of drug-likeness (QED) is 0.775. The molecule has 0 bridgehead atoms. The van der Waals surface area contributed by atoms with Crippen LogP contribution in [0, 0.1) is 13.8 Å². The van der Waals surface area contributed by atoms with Crippen LogP contribution in [0.1, 0.15) is 30.9 Å². The molecule has 0 unspecified atom stereocenters. The summed E-state index contributed by atoms with van der Waals surface area (Å²) in [5.74, 6) is -0.154. The summed E-state index contributed by atoms with van der Waals surface area (Å²) in [6.45, 7) is 7.06. The van der Waals surface area contributed by atoms with Crippen molar-refractivity contribution in [2.24, 2.45) is 0 Å². The first-order chi connectivity index (χ1) is 9.11. The zero-order chi connectivity index (χ0) is 13.8. The van der Waals surface area contributed by atoms with E-state index in [2.05, 4.69) is 30.2 Å². The predicted molar refractivity (Wildman–Crippen MR) is 72.9 cm³/mol. The number of hydrogen-bond donors (Lipinski definition) is 0. The number of benzene rings is 1. The minimum Gasteiger partial charge on any atom is -0.466 e. The Morgan fingerprint density at radius 2 is 2.05 bits per heavy atom. The standard InChI is InChI=1S/C14H19N3O2/c1-4-19-14(18)6-5-7-17-13-9-11(3)10(2)8-12(13)15-16-17/h8-9H,4-7H2,1-3H3. The number of hydrogen-bond acceptors (Lipinski definition) is 4. The Kier molecular flexibility index (Phi) is 4.14. The number of nitrogens with zero attached hydrogens (tertiary/aromatic N) is 3. The summed E-state index contributed by atoms with van der Waals surface area (Å²) in [6, 6.07) is 4.13. The monoisotopic (exact) mass is 261 g/mol. The molecule has 19 heavy (non-hydrogen) atoms. The minimum absolute atomic E-state index is 0.154. The molecule has 102 valence electrons. The molecule has 0 saturated carbocycles. The lowest BCUT2D eigenvalue weighted by atomic mass is 10.1. The third-order valence-electron chi connectivity index (χ3n) is 3.19. The van der Waals surface area contributed by atoms with Crippen LogP contribution in [0.5, 0.6) is 0 Å². The first kappa shape index (κ1) is 13.5. The Hall–Kier alpha value is -1.91. The fraction of sp³-hybridized carbons (Fsp3) is 0.500. The van der Waals surface area contributed by atoms with Gasteiger partial charge in [-0.15, -0.1) is 5.10 Å². The first-order valence-corrected chi connectivity index (χ1v) is 6.58. The lowest BCUT2D eigenvalue weighted by molar-refractivity contribution is -0.143. The van der Waals surface area contributed by atoms with E-state index in [0.717, 1.165) is 11.0 Å². The summed E-state index contributed by atoms with van der Waals surface area (Å²) in [6.07, 6.45) is 1.13. The number of carbonyl (C=O) groups excluding carboxylic acids is 1. The largest absolute Gasteiger partial charge is 0.466 e. The van der Waals surface area contributed by atoms with E-state index in [1.165, 1.54) is 11.1 Å². The van der Waals surface area contributed by atoms with Crippen molar-refractivity contribution in [1.29, 1.82) is 0 Å². The van der Waals surface area contributed by atoms with Crippen LogP contribution in [0.3, 0.4) is 0 Å². The first-order valence-electron chi connectivity index (χ1n) is 6.58. The highest BCUT2D eigenvalue weighted by Gasteiger charge is 2.07. The third kappa shape index (κ3) is 3.10. The molecule has 5 nitrogen and oxygen atoms in total. The van der Waals surface area contributed by atoms with E-state index in [4.69, 9.17) is 4.74 Å². The molecule has 0 spiro atoms. The van der Waals surface area contributed by atoms with Gasteiger partial charge >= 0.3 is 5.97 Å². The van der Waals surface area contributed by atoms with Crippen molar-refractivity contribution in [3.63, 3.8) is 0 Å². The molecular weight excluding hydrogens is 242 g/mol. The smallest absolute Gasteiger partial charge is 0.305 e. The van der Waals surface area contributed by atoms with Crippen molar-refractivity contribution >= 4 is 17.0 Å². The molecule has 0 aliphatic carbocycles. The summed E-state index contributed by atoms with van der Waals surface area (Å²) in [5, 5.41) is 8.29. The number of ether oxygens (including phenoxy) is 1. The lowest BCUT2D eigenvalue weighted by Crippen LogP contribution is -2.07. The topological polar surface area (TPSA) is 57.0 Å². The molecule has 0 atom stereocenters. The van der Waals surface area contributed by atoms with E-state index < -0.39 is 0 Å². The predicted octanol–water partition coefficient (Wildman–Crippen LogP) is 2.39. The van der Waals surface area contributed by atoms with Crippen LogP contribution in [-0.2, 0) is 16.1 Å². The molecule has 0 aliphatic heterocycles. The van der Waals surface area contributed by atoms with Gasteiger partial charge in [-0.1, -0.05) is 5.21 Å². The molecule has 1 aromatic heterocycles. The molecule has 0 aliphatic rings. The van der Waals surface area contributed by atoms with Crippen LogP contribution in [0.4, 0.5) is 0 Å². The van der Waals surface area contributed by atoms with Crippen LogP contribution in [-0.4, -0.2) is 27.6 Å². The fourth-order valence-corrected chi connectivity index (χ4v) is 1.99. The Balaban J connectivity index is 2.05. The van der Waals surface area contributed by atoms with Crippen molar-refractivity contribution < 1.29 is 9.53 Å². The van der Waals surface area contributed by atoms with Gasteiger partial charge in [0, 0.05) is 13.0 Å². The fourth-order valence-electron chi connectivity index (χ4n) is 1.99. The van der Waals surface area contributed by atoms with E-state index in [1.807, 2.05) is 17.7 Å². The number of esters is 1. The van der Waals surface area contributed by atoms with Crippen LogP contribution in [0.2, 0.25) is 0 Å². The van der Waals surface area contributed by atoms with Gasteiger partial charge in [-0.3, -0.25) is 4.79 Å². The second kappa shape index (κ2) is 5.82. The van der Waals surface area contributed by atoms with Crippen molar-refractivity contribution in [2.45, 2.75) is 40.2 Å². The normalized spacial score (nSPS) is 10.9. The molecule has 0 amide bonds. The summed E-state index contributed by atoms with van der Waals surface area (Å²) >= 11 is 0. The number of aromatic nitrogens is 3. The SMILES string of the molecule is CCOC(=O)CCCn1nnc2cc(C)c(C)cc21. The van der Waals surface area contributed by atoms with Gasteiger partial charge in [-0.25, -0.2) is 4.68 Å². The number of carbonyl (C=O) groups is 1. The molecule has 1 aromatic carbocycles. The van der Waals surface area contributed by atoms with Crippen molar-refractivity contribution in [3.8, 4) is 0 Å². The Labute approximate surface area is 112 Å². The van der Waals surface area contributed by atoms with Crippen molar-refractivity contribution in [2.75, 3.05) is 6.61 Å². The van der Waals surface area contributed by atoms with Crippen LogP contribution in [0.25, 0.3) is 11.0 Å². The van der Waals surface area contributed by atoms with Gasteiger partial charge in [-0.2, -0.15) is 0 Å². The minimum atomic E-state index is -0.154. The highest BCUT2D eigenvalue weighted by Crippen LogP contribution is 2.17. The van der Waals surface area contributed by atoms with E-state index in [1.54, 1.807) is 0 Å². The molecular formula is C14H19N3O2. The maximum absolute atomic E-state index is 11.3. The number of fused-ring (bicyclic) bond motifs is 1. The summed E-state index contributed by atoms with van der Waals surface area (Å²) in [5.41, 5.74) is 4.36. The maximum atomic E-state index is 11.3. The van der Waals surface area contributed by atoms with Crippen molar-refractivity contribution in [3.05, 3.63) is 23.3 Å². The highest BCUT2D eigenvalue weighted by molar-refractivity contribution is 5.76. The average Bonchev–Trinajstić information content (AvgIpc) is 2.73. The summed E-state index contributed by atoms with van der Waals surface area (Å²) in [4.78, 5) is 11.3. The lowest BCUT2D eigenvalue weighted by Gasteiger charge is -2.04. The van der Waals surface area contributed by atoms with Crippen LogP contribution < -0.4 is 0 Å². The van der Waals surface area contributed by atoms with Gasteiger partial charge in [0.1, 0.15) is 5.52 Å². The van der Waals surface area contributed by atoms with E-state index >= 15 is 0 Å². The van der Waals surface area contributed by atoms with Gasteiger partial charge in [0.15, 0.2) is 0 Å². The van der Waals surface area contributed by atoms with Gasteiger partial charge in [-0.05, 0) is 50.5 Å². The van der Waals surface area contributed by atoms with Gasteiger partial charge in [0.05, 0.1) is 12.1 Å². The molecule has 1 heterocycles. The van der Waals surface area contributed by atoms with Gasteiger partial charge in [0.25, 0.3) is 0 Å². The molecule has 0 N–H and O–H groups in total. The second-order valence-electron chi connectivity index (χ2n) is 4.65. The molecule has 0 fully saturated rings. The van der Waals surface area contributed by atoms with Crippen LogP contribution >= 0.6 is 0 Å². The van der Waals surface area contributed by atoms with E-state index in [0.29, 0.717) is 26.0 Å². The van der Waals surface area contributed by atoms with Gasteiger partial charge < -0.3 is 4.74 Å². The van der Waals surface area contributed by atoms with Crippen molar-refractivity contribution in [1.82, 2.24) is 15.0 Å². The maximum Gasteiger partial charge on any atom is 0.305 e.